The Morgan fingerprint density at radius 1 is 1.17 bits per heavy atom. The molecule has 0 amide bonds. The SMILES string of the molecule is COc1cc(C(=O)O)c(C(O)C(O)CCSC(C)=O)cc1OC. The summed E-state index contributed by atoms with van der Waals surface area (Å²) < 4.78 is 10.1. The van der Waals surface area contributed by atoms with Gasteiger partial charge in [0.2, 0.25) is 0 Å². The van der Waals surface area contributed by atoms with Gasteiger partial charge in [0, 0.05) is 18.2 Å². The van der Waals surface area contributed by atoms with Crippen molar-refractivity contribution in [2.75, 3.05) is 20.0 Å². The highest BCUT2D eigenvalue weighted by Gasteiger charge is 2.26. The van der Waals surface area contributed by atoms with Crippen molar-refractivity contribution in [1.82, 2.24) is 0 Å². The Hall–Kier alpha value is -1.77. The third-order valence-corrected chi connectivity index (χ3v) is 4.03. The molecule has 7 nitrogen and oxygen atoms in total. The summed E-state index contributed by atoms with van der Waals surface area (Å²) in [5.74, 6) is -0.479. The van der Waals surface area contributed by atoms with Crippen molar-refractivity contribution in [2.45, 2.75) is 25.6 Å². The van der Waals surface area contributed by atoms with Crippen LogP contribution in [0.25, 0.3) is 0 Å². The van der Waals surface area contributed by atoms with Crippen LogP contribution in [0.5, 0.6) is 11.5 Å². The number of carbonyl (C=O) groups is 2. The maximum atomic E-state index is 11.4. The Morgan fingerprint density at radius 2 is 1.74 bits per heavy atom. The van der Waals surface area contributed by atoms with Gasteiger partial charge in [-0.1, -0.05) is 11.8 Å². The van der Waals surface area contributed by atoms with Gasteiger partial charge in [0.15, 0.2) is 16.6 Å². The number of aliphatic hydroxyl groups excluding tert-OH is 2. The van der Waals surface area contributed by atoms with Gasteiger partial charge in [0.25, 0.3) is 0 Å². The van der Waals surface area contributed by atoms with Gasteiger partial charge >= 0.3 is 5.97 Å². The number of hydrogen-bond acceptors (Lipinski definition) is 7. The van der Waals surface area contributed by atoms with E-state index in [1.54, 1.807) is 0 Å². The van der Waals surface area contributed by atoms with E-state index < -0.39 is 18.2 Å². The minimum atomic E-state index is -1.42. The van der Waals surface area contributed by atoms with Gasteiger partial charge in [-0.2, -0.15) is 0 Å². The highest BCUT2D eigenvalue weighted by molar-refractivity contribution is 8.13. The molecule has 0 saturated carbocycles. The molecule has 0 aliphatic heterocycles. The third kappa shape index (κ3) is 5.12. The number of carbonyl (C=O) groups excluding carboxylic acids is 1. The van der Waals surface area contributed by atoms with Crippen LogP contribution in [0.2, 0.25) is 0 Å². The maximum Gasteiger partial charge on any atom is 0.336 e. The Balaban J connectivity index is 3.08. The Morgan fingerprint density at radius 3 is 2.22 bits per heavy atom. The molecule has 0 spiro atoms. The summed E-state index contributed by atoms with van der Waals surface area (Å²) in [7, 11) is 2.75. The maximum absolute atomic E-state index is 11.4. The summed E-state index contributed by atoms with van der Waals surface area (Å²) in [4.78, 5) is 22.3. The fourth-order valence-electron chi connectivity index (χ4n) is 2.01. The lowest BCUT2D eigenvalue weighted by Gasteiger charge is -2.21. The molecule has 2 atom stereocenters. The van der Waals surface area contributed by atoms with Crippen molar-refractivity contribution >= 4 is 22.8 Å². The van der Waals surface area contributed by atoms with E-state index in [4.69, 9.17) is 9.47 Å². The zero-order valence-corrected chi connectivity index (χ0v) is 13.9. The minimum absolute atomic E-state index is 0.0236. The lowest BCUT2D eigenvalue weighted by molar-refractivity contribution is -0.109. The van der Waals surface area contributed by atoms with E-state index in [2.05, 4.69) is 0 Å². The van der Waals surface area contributed by atoms with Crippen molar-refractivity contribution in [3.8, 4) is 11.5 Å². The number of ether oxygens (including phenoxy) is 2. The Bertz CT molecular complexity index is 573. The number of carboxylic acid groups (broad SMARTS) is 1. The van der Waals surface area contributed by atoms with Crippen LogP contribution in [0, 0.1) is 0 Å². The standard InChI is InChI=1S/C15H20O7S/c1-8(16)23-5-4-11(17)14(18)9-6-12(21-2)13(22-3)7-10(9)15(19)20/h6-7,11,14,17-18H,4-5H2,1-3H3,(H,19,20). The first-order valence-corrected chi connectivity index (χ1v) is 7.79. The van der Waals surface area contributed by atoms with Gasteiger partial charge < -0.3 is 24.8 Å². The third-order valence-electron chi connectivity index (χ3n) is 3.19. The van der Waals surface area contributed by atoms with E-state index in [0.717, 1.165) is 11.8 Å². The van der Waals surface area contributed by atoms with Crippen molar-refractivity contribution in [1.29, 1.82) is 0 Å². The van der Waals surface area contributed by atoms with Gasteiger partial charge in [-0.15, -0.1) is 0 Å². The number of aliphatic hydroxyl groups is 2. The van der Waals surface area contributed by atoms with E-state index in [1.165, 1.54) is 33.3 Å². The minimum Gasteiger partial charge on any atom is -0.493 e. The van der Waals surface area contributed by atoms with E-state index in [9.17, 15) is 24.9 Å². The van der Waals surface area contributed by atoms with Crippen LogP contribution in [-0.4, -0.2) is 52.5 Å². The molecule has 2 unspecified atom stereocenters. The van der Waals surface area contributed by atoms with Crippen LogP contribution in [0.3, 0.4) is 0 Å². The first kappa shape index (κ1) is 19.3. The molecule has 3 N–H and O–H groups in total. The Labute approximate surface area is 138 Å². The van der Waals surface area contributed by atoms with Crippen LogP contribution in [-0.2, 0) is 4.79 Å². The fraction of sp³-hybridized carbons (Fsp3) is 0.467. The van der Waals surface area contributed by atoms with Crippen LogP contribution in [0.15, 0.2) is 12.1 Å². The molecule has 0 saturated heterocycles. The van der Waals surface area contributed by atoms with E-state index in [-0.39, 0.29) is 34.2 Å². The summed E-state index contributed by atoms with van der Waals surface area (Å²) in [6.45, 7) is 1.41. The second-order valence-electron chi connectivity index (χ2n) is 4.74. The molecule has 128 valence electrons. The summed E-state index contributed by atoms with van der Waals surface area (Å²) >= 11 is 1.03. The van der Waals surface area contributed by atoms with Gasteiger partial charge in [-0.25, -0.2) is 4.79 Å². The quantitative estimate of drug-likeness (QED) is 0.650. The monoisotopic (exact) mass is 344 g/mol. The summed E-state index contributed by atoms with van der Waals surface area (Å²) in [5, 5.41) is 29.5. The predicted octanol–water partition coefficient (Wildman–Crippen LogP) is 1.47. The lowest BCUT2D eigenvalue weighted by Crippen LogP contribution is -2.21. The number of aromatic carboxylic acids is 1. The molecule has 0 heterocycles. The van der Waals surface area contributed by atoms with Crippen LogP contribution >= 0.6 is 11.8 Å². The molecule has 23 heavy (non-hydrogen) atoms. The molecule has 1 aromatic carbocycles. The molecule has 0 aliphatic carbocycles. The smallest absolute Gasteiger partial charge is 0.336 e. The van der Waals surface area contributed by atoms with Crippen LogP contribution < -0.4 is 9.47 Å². The summed E-state index contributed by atoms with van der Waals surface area (Å²) in [6, 6.07) is 2.56. The second kappa shape index (κ2) is 8.76. The largest absolute Gasteiger partial charge is 0.493 e. The normalized spacial score (nSPS) is 13.3. The molecule has 0 aliphatic rings. The van der Waals surface area contributed by atoms with Crippen molar-refractivity contribution in [2.24, 2.45) is 0 Å². The van der Waals surface area contributed by atoms with Crippen LogP contribution in [0.4, 0.5) is 0 Å². The van der Waals surface area contributed by atoms with Gasteiger partial charge in [0.05, 0.1) is 25.9 Å². The first-order chi connectivity index (χ1) is 10.8. The molecule has 1 rings (SSSR count). The van der Waals surface area contributed by atoms with E-state index in [0.29, 0.717) is 5.75 Å². The topological polar surface area (TPSA) is 113 Å². The van der Waals surface area contributed by atoms with Crippen molar-refractivity contribution < 1.29 is 34.4 Å². The zero-order chi connectivity index (χ0) is 17.6. The number of thioether (sulfide) groups is 1. The molecular weight excluding hydrogens is 324 g/mol. The van der Waals surface area contributed by atoms with E-state index >= 15 is 0 Å². The fourth-order valence-corrected chi connectivity index (χ4v) is 2.66. The molecule has 0 aromatic heterocycles. The van der Waals surface area contributed by atoms with Crippen molar-refractivity contribution in [3.63, 3.8) is 0 Å². The summed E-state index contributed by atoms with van der Waals surface area (Å²) in [5.41, 5.74) is -0.163. The summed E-state index contributed by atoms with van der Waals surface area (Å²) in [6.07, 6.45) is -2.50. The predicted molar refractivity (Wildman–Crippen MR) is 85.2 cm³/mol. The van der Waals surface area contributed by atoms with Crippen molar-refractivity contribution in [3.05, 3.63) is 23.3 Å². The number of hydrogen-bond donors (Lipinski definition) is 3. The number of benzene rings is 1. The molecule has 0 bridgehead atoms. The molecular formula is C15H20O7S. The van der Waals surface area contributed by atoms with E-state index in [1.807, 2.05) is 0 Å². The number of carboxylic acids is 1. The molecule has 1 aromatic rings. The highest BCUT2D eigenvalue weighted by Crippen LogP contribution is 2.34. The second-order valence-corrected chi connectivity index (χ2v) is 6.01. The molecule has 0 radical (unpaired) electrons. The van der Waals surface area contributed by atoms with Gasteiger partial charge in [-0.3, -0.25) is 4.79 Å². The lowest BCUT2D eigenvalue weighted by atomic mass is 9.96. The van der Waals surface area contributed by atoms with Gasteiger partial charge in [-0.05, 0) is 18.6 Å². The highest BCUT2D eigenvalue weighted by atomic mass is 32.2. The van der Waals surface area contributed by atoms with Crippen LogP contribution in [0.1, 0.15) is 35.4 Å². The average molecular weight is 344 g/mol. The molecule has 0 fully saturated rings. The number of rotatable bonds is 8. The van der Waals surface area contributed by atoms with Gasteiger partial charge in [0.1, 0.15) is 6.10 Å². The number of methoxy groups -OCH3 is 2. The average Bonchev–Trinajstić information content (AvgIpc) is 2.52. The first-order valence-electron chi connectivity index (χ1n) is 6.80. The zero-order valence-electron chi connectivity index (χ0n) is 13.1. The molecule has 8 heteroatoms. The Kier molecular flexibility index (Phi) is 7.34.